The average Bonchev–Trinajstić information content (AvgIpc) is 2.81. The number of likely N-dealkylation sites (tertiary alicyclic amines) is 1. The van der Waals surface area contributed by atoms with Gasteiger partial charge in [-0.2, -0.15) is 0 Å². The Bertz CT molecular complexity index is 340. The van der Waals surface area contributed by atoms with Gasteiger partial charge in [-0.15, -0.1) is 0 Å². The lowest BCUT2D eigenvalue weighted by atomic mass is 9.91. The van der Waals surface area contributed by atoms with Crippen LogP contribution >= 0.6 is 0 Å². The molecule has 0 spiro atoms. The number of carboxylic acids is 1. The van der Waals surface area contributed by atoms with Crippen LogP contribution in [0.1, 0.15) is 38.5 Å². The van der Waals surface area contributed by atoms with E-state index in [1.807, 2.05) is 0 Å². The van der Waals surface area contributed by atoms with Crippen LogP contribution in [-0.2, 0) is 9.59 Å². The van der Waals surface area contributed by atoms with Crippen molar-refractivity contribution in [2.45, 2.75) is 38.5 Å². The molecule has 0 aromatic carbocycles. The first-order valence-corrected chi connectivity index (χ1v) is 5.95. The lowest BCUT2D eigenvalue weighted by Crippen LogP contribution is -2.31. The number of amides is 1. The summed E-state index contributed by atoms with van der Waals surface area (Å²) in [5.74, 6) is -0.947. The molecule has 1 aliphatic heterocycles. The van der Waals surface area contributed by atoms with E-state index in [0.29, 0.717) is 24.0 Å². The van der Waals surface area contributed by atoms with Crippen molar-refractivity contribution in [2.24, 2.45) is 0 Å². The molecule has 2 aliphatic rings. The molecular weight excluding hydrogens is 206 g/mol. The zero-order valence-corrected chi connectivity index (χ0v) is 9.37. The topological polar surface area (TPSA) is 57.6 Å². The Kier molecular flexibility index (Phi) is 3.27. The molecule has 1 fully saturated rings. The number of carbonyl (C=O) groups excluding carboxylic acids is 1. The zero-order valence-electron chi connectivity index (χ0n) is 9.37. The largest absolute Gasteiger partial charge is 0.478 e. The predicted molar refractivity (Wildman–Crippen MR) is 58.9 cm³/mol. The first-order valence-electron chi connectivity index (χ1n) is 5.95. The highest BCUT2D eigenvalue weighted by molar-refractivity contribution is 6.02. The maximum absolute atomic E-state index is 12.1. The van der Waals surface area contributed by atoms with Crippen LogP contribution in [0.4, 0.5) is 0 Å². The van der Waals surface area contributed by atoms with Crippen molar-refractivity contribution < 1.29 is 14.7 Å². The molecule has 1 heterocycles. The van der Waals surface area contributed by atoms with Crippen molar-refractivity contribution in [3.63, 3.8) is 0 Å². The van der Waals surface area contributed by atoms with Gasteiger partial charge in [-0.3, -0.25) is 4.79 Å². The van der Waals surface area contributed by atoms with E-state index in [9.17, 15) is 9.59 Å². The van der Waals surface area contributed by atoms with Crippen LogP contribution in [0.15, 0.2) is 11.1 Å². The maximum atomic E-state index is 12.1. The number of nitrogens with zero attached hydrogens (tertiary/aromatic N) is 1. The Morgan fingerprint density at radius 1 is 0.938 bits per heavy atom. The van der Waals surface area contributed by atoms with E-state index < -0.39 is 5.97 Å². The number of carbonyl (C=O) groups is 2. The molecular formula is C12H17NO3. The molecule has 4 heteroatoms. The summed E-state index contributed by atoms with van der Waals surface area (Å²) in [6.45, 7) is 1.57. The van der Waals surface area contributed by atoms with Gasteiger partial charge in [0, 0.05) is 24.2 Å². The summed E-state index contributed by atoms with van der Waals surface area (Å²) in [5, 5.41) is 9.07. The zero-order chi connectivity index (χ0) is 11.5. The van der Waals surface area contributed by atoms with Gasteiger partial charge in [0.25, 0.3) is 0 Å². The second-order valence-corrected chi connectivity index (χ2v) is 4.47. The monoisotopic (exact) mass is 223 g/mol. The minimum atomic E-state index is -0.915. The second kappa shape index (κ2) is 4.68. The van der Waals surface area contributed by atoms with Crippen molar-refractivity contribution >= 4 is 11.9 Å². The summed E-state index contributed by atoms with van der Waals surface area (Å²) in [7, 11) is 0. The van der Waals surface area contributed by atoms with Gasteiger partial charge < -0.3 is 10.0 Å². The Hall–Kier alpha value is -1.32. The summed E-state index contributed by atoms with van der Waals surface area (Å²) >= 11 is 0. The molecule has 16 heavy (non-hydrogen) atoms. The molecule has 2 rings (SSSR count). The Labute approximate surface area is 94.9 Å². The van der Waals surface area contributed by atoms with Crippen LogP contribution in [0.2, 0.25) is 0 Å². The molecule has 0 aromatic heterocycles. The third-order valence-corrected chi connectivity index (χ3v) is 3.38. The van der Waals surface area contributed by atoms with Gasteiger partial charge in [-0.05, 0) is 38.5 Å². The number of rotatable bonds is 2. The minimum absolute atomic E-state index is 0.0328. The van der Waals surface area contributed by atoms with Gasteiger partial charge >= 0.3 is 5.97 Å². The molecule has 0 atom stereocenters. The molecule has 88 valence electrons. The van der Waals surface area contributed by atoms with Crippen LogP contribution < -0.4 is 0 Å². The van der Waals surface area contributed by atoms with E-state index in [1.54, 1.807) is 4.90 Å². The smallest absolute Gasteiger partial charge is 0.332 e. The first-order chi connectivity index (χ1) is 7.70. The standard InChI is InChI=1S/C12H17NO3/c14-11(13-7-3-4-8-13)9-5-1-2-6-10(9)12(15)16/h1-8H2,(H,15,16). The van der Waals surface area contributed by atoms with Crippen molar-refractivity contribution in [2.75, 3.05) is 13.1 Å². The lowest BCUT2D eigenvalue weighted by molar-refractivity contribution is -0.134. The Morgan fingerprint density at radius 2 is 1.50 bits per heavy atom. The van der Waals surface area contributed by atoms with Gasteiger partial charge in [0.05, 0.1) is 0 Å². The molecule has 1 N–H and O–H groups in total. The van der Waals surface area contributed by atoms with Gasteiger partial charge in [-0.25, -0.2) is 4.79 Å². The summed E-state index contributed by atoms with van der Waals surface area (Å²) in [6.07, 6.45) is 5.09. The normalized spacial score (nSPS) is 21.4. The first kappa shape index (κ1) is 11.2. The van der Waals surface area contributed by atoms with Crippen LogP contribution in [0, 0.1) is 0 Å². The maximum Gasteiger partial charge on any atom is 0.332 e. The average molecular weight is 223 g/mol. The highest BCUT2D eigenvalue weighted by atomic mass is 16.4. The van der Waals surface area contributed by atoms with E-state index in [1.165, 1.54) is 0 Å². The molecule has 1 saturated heterocycles. The number of hydrogen-bond donors (Lipinski definition) is 1. The van der Waals surface area contributed by atoms with Gasteiger partial charge in [0.2, 0.25) is 5.91 Å². The molecule has 0 radical (unpaired) electrons. The Morgan fingerprint density at radius 3 is 2.06 bits per heavy atom. The fraction of sp³-hybridized carbons (Fsp3) is 0.667. The predicted octanol–water partition coefficient (Wildman–Crippen LogP) is 1.56. The second-order valence-electron chi connectivity index (χ2n) is 4.47. The van der Waals surface area contributed by atoms with Crippen LogP contribution in [0.5, 0.6) is 0 Å². The highest BCUT2D eigenvalue weighted by Gasteiger charge is 2.28. The third-order valence-electron chi connectivity index (χ3n) is 3.38. The van der Waals surface area contributed by atoms with E-state index >= 15 is 0 Å². The molecule has 0 unspecified atom stereocenters. The molecule has 0 aromatic rings. The summed E-state index contributed by atoms with van der Waals surface area (Å²) in [5.41, 5.74) is 0.906. The molecule has 0 saturated carbocycles. The van der Waals surface area contributed by atoms with Crippen molar-refractivity contribution in [1.82, 2.24) is 4.90 Å². The van der Waals surface area contributed by atoms with Crippen molar-refractivity contribution in [3.05, 3.63) is 11.1 Å². The quantitative estimate of drug-likeness (QED) is 0.773. The lowest BCUT2D eigenvalue weighted by Gasteiger charge is -2.22. The van der Waals surface area contributed by atoms with E-state index in [2.05, 4.69) is 0 Å². The number of hydrogen-bond acceptors (Lipinski definition) is 2. The molecule has 4 nitrogen and oxygen atoms in total. The van der Waals surface area contributed by atoms with Gasteiger partial charge in [0.1, 0.15) is 0 Å². The fourth-order valence-corrected chi connectivity index (χ4v) is 2.49. The SMILES string of the molecule is O=C(O)C1=C(C(=O)N2CCCC2)CCCC1. The van der Waals surface area contributed by atoms with E-state index in [4.69, 9.17) is 5.11 Å². The van der Waals surface area contributed by atoms with Crippen LogP contribution in [-0.4, -0.2) is 35.0 Å². The highest BCUT2D eigenvalue weighted by Crippen LogP contribution is 2.27. The minimum Gasteiger partial charge on any atom is -0.478 e. The van der Waals surface area contributed by atoms with Crippen molar-refractivity contribution in [3.8, 4) is 0 Å². The van der Waals surface area contributed by atoms with Gasteiger partial charge in [0.15, 0.2) is 0 Å². The Balaban J connectivity index is 2.21. The molecule has 1 amide bonds. The van der Waals surface area contributed by atoms with E-state index in [-0.39, 0.29) is 5.91 Å². The summed E-state index contributed by atoms with van der Waals surface area (Å²) in [6, 6.07) is 0. The van der Waals surface area contributed by atoms with Gasteiger partial charge in [-0.1, -0.05) is 0 Å². The molecule has 1 aliphatic carbocycles. The fourth-order valence-electron chi connectivity index (χ4n) is 2.49. The van der Waals surface area contributed by atoms with Crippen LogP contribution in [0.3, 0.4) is 0 Å². The summed E-state index contributed by atoms with van der Waals surface area (Å²) < 4.78 is 0. The molecule has 0 bridgehead atoms. The third kappa shape index (κ3) is 2.10. The van der Waals surface area contributed by atoms with Crippen molar-refractivity contribution in [1.29, 1.82) is 0 Å². The van der Waals surface area contributed by atoms with E-state index in [0.717, 1.165) is 38.8 Å². The van der Waals surface area contributed by atoms with Crippen LogP contribution in [0.25, 0.3) is 0 Å². The number of carboxylic acid groups (broad SMARTS) is 1. The number of aliphatic carboxylic acids is 1. The summed E-state index contributed by atoms with van der Waals surface area (Å²) in [4.78, 5) is 25.0.